The van der Waals surface area contributed by atoms with Crippen molar-refractivity contribution in [2.45, 2.75) is 37.8 Å². The number of thiophene rings is 1. The van der Waals surface area contributed by atoms with Gasteiger partial charge in [0.25, 0.3) is 5.91 Å². The van der Waals surface area contributed by atoms with Crippen LogP contribution in [0.1, 0.15) is 42.6 Å². The molecule has 0 N–H and O–H groups in total. The first-order chi connectivity index (χ1) is 10.8. The summed E-state index contributed by atoms with van der Waals surface area (Å²) in [6, 6.07) is 5.65. The number of amides is 1. The molecular weight excluding hydrogens is 300 g/mol. The van der Waals surface area contributed by atoms with Gasteiger partial charge in [-0.15, -0.1) is 11.3 Å². The maximum absolute atomic E-state index is 12.8. The van der Waals surface area contributed by atoms with Crippen LogP contribution in [0.5, 0.6) is 0 Å². The van der Waals surface area contributed by atoms with Crippen LogP contribution in [0.2, 0.25) is 0 Å². The Bertz CT molecular complexity index is 659. The van der Waals surface area contributed by atoms with Gasteiger partial charge in [0, 0.05) is 12.6 Å². The van der Waals surface area contributed by atoms with Crippen LogP contribution in [-0.2, 0) is 4.74 Å². The summed E-state index contributed by atoms with van der Waals surface area (Å²) < 4.78 is 11.3. The van der Waals surface area contributed by atoms with E-state index in [2.05, 4.69) is 5.16 Å². The second-order valence-electron chi connectivity index (χ2n) is 5.87. The standard InChI is InChI=1S/C16H18N2O3S/c19-15(12-11-13(21-17-12)14-5-4-10-22-14)18-8-9-20-16(18)6-2-1-3-7-16/h4-5,10-11H,1-3,6-9H2. The average molecular weight is 318 g/mol. The zero-order valence-electron chi connectivity index (χ0n) is 12.3. The maximum atomic E-state index is 12.8. The molecule has 2 fully saturated rings. The molecule has 2 aromatic heterocycles. The van der Waals surface area contributed by atoms with Gasteiger partial charge in [0.1, 0.15) is 5.72 Å². The third kappa shape index (κ3) is 2.27. The van der Waals surface area contributed by atoms with Crippen LogP contribution in [0.3, 0.4) is 0 Å². The van der Waals surface area contributed by atoms with Gasteiger partial charge in [-0.05, 0) is 37.1 Å². The van der Waals surface area contributed by atoms with Gasteiger partial charge < -0.3 is 14.2 Å². The van der Waals surface area contributed by atoms with E-state index in [9.17, 15) is 4.79 Å². The summed E-state index contributed by atoms with van der Waals surface area (Å²) in [4.78, 5) is 15.7. The van der Waals surface area contributed by atoms with Crippen molar-refractivity contribution < 1.29 is 14.1 Å². The van der Waals surface area contributed by atoms with E-state index in [-0.39, 0.29) is 5.91 Å². The van der Waals surface area contributed by atoms with Crippen molar-refractivity contribution in [3.05, 3.63) is 29.3 Å². The molecule has 0 unspecified atom stereocenters. The molecule has 22 heavy (non-hydrogen) atoms. The highest BCUT2D eigenvalue weighted by Crippen LogP contribution is 2.39. The number of carbonyl (C=O) groups is 1. The van der Waals surface area contributed by atoms with Crippen molar-refractivity contribution in [1.29, 1.82) is 0 Å². The molecule has 6 heteroatoms. The first kappa shape index (κ1) is 14.0. The van der Waals surface area contributed by atoms with Gasteiger partial charge in [-0.2, -0.15) is 0 Å². The minimum atomic E-state index is -0.405. The van der Waals surface area contributed by atoms with Gasteiger partial charge in [0.2, 0.25) is 0 Å². The molecule has 0 radical (unpaired) electrons. The minimum absolute atomic E-state index is 0.0778. The number of aromatic nitrogens is 1. The second kappa shape index (κ2) is 5.52. The average Bonchev–Trinajstić information content (AvgIpc) is 3.28. The van der Waals surface area contributed by atoms with Gasteiger partial charge in [-0.3, -0.25) is 4.79 Å². The zero-order valence-corrected chi connectivity index (χ0v) is 13.1. The normalized spacial score (nSPS) is 20.6. The maximum Gasteiger partial charge on any atom is 0.278 e. The first-order valence-corrected chi connectivity index (χ1v) is 8.63. The van der Waals surface area contributed by atoms with Crippen LogP contribution in [0.4, 0.5) is 0 Å². The molecule has 1 saturated carbocycles. The highest BCUT2D eigenvalue weighted by atomic mass is 32.1. The molecule has 1 saturated heterocycles. The lowest BCUT2D eigenvalue weighted by molar-refractivity contribution is -0.0921. The number of rotatable bonds is 2. The number of ether oxygens (including phenoxy) is 1. The van der Waals surface area contributed by atoms with E-state index < -0.39 is 5.72 Å². The molecule has 5 nitrogen and oxygen atoms in total. The topological polar surface area (TPSA) is 55.6 Å². The summed E-state index contributed by atoms with van der Waals surface area (Å²) in [6.45, 7) is 1.25. The molecule has 0 atom stereocenters. The fraction of sp³-hybridized carbons (Fsp3) is 0.500. The molecule has 0 aromatic carbocycles. The Balaban J connectivity index is 1.58. The summed E-state index contributed by atoms with van der Waals surface area (Å²) >= 11 is 1.57. The van der Waals surface area contributed by atoms with Crippen LogP contribution < -0.4 is 0 Å². The number of hydrogen-bond acceptors (Lipinski definition) is 5. The Morgan fingerprint density at radius 3 is 2.95 bits per heavy atom. The first-order valence-electron chi connectivity index (χ1n) is 7.75. The Kier molecular flexibility index (Phi) is 3.50. The Labute approximate surface area is 132 Å². The SMILES string of the molecule is O=C(c1cc(-c2cccs2)on1)N1CCOC12CCCCC2. The summed E-state index contributed by atoms with van der Waals surface area (Å²) in [7, 11) is 0. The van der Waals surface area contributed by atoms with Crippen molar-refractivity contribution in [1.82, 2.24) is 10.1 Å². The number of hydrogen-bond donors (Lipinski definition) is 0. The monoisotopic (exact) mass is 318 g/mol. The molecule has 2 aliphatic rings. The van der Waals surface area contributed by atoms with E-state index in [1.54, 1.807) is 17.4 Å². The molecule has 1 aliphatic heterocycles. The van der Waals surface area contributed by atoms with E-state index in [1.165, 1.54) is 6.42 Å². The highest BCUT2D eigenvalue weighted by molar-refractivity contribution is 7.13. The van der Waals surface area contributed by atoms with E-state index >= 15 is 0 Å². The molecule has 1 spiro atoms. The second-order valence-corrected chi connectivity index (χ2v) is 6.81. The molecule has 1 amide bonds. The molecular formula is C16H18N2O3S. The minimum Gasteiger partial charge on any atom is -0.355 e. The van der Waals surface area contributed by atoms with Gasteiger partial charge in [-0.25, -0.2) is 0 Å². The Hall–Kier alpha value is -1.66. The largest absolute Gasteiger partial charge is 0.355 e. The van der Waals surface area contributed by atoms with E-state index in [4.69, 9.17) is 9.26 Å². The van der Waals surface area contributed by atoms with Crippen LogP contribution in [-0.4, -0.2) is 34.8 Å². The van der Waals surface area contributed by atoms with Crippen LogP contribution in [0.25, 0.3) is 10.6 Å². The summed E-state index contributed by atoms with van der Waals surface area (Å²) in [5.41, 5.74) is -0.0314. The van der Waals surface area contributed by atoms with E-state index in [0.29, 0.717) is 24.6 Å². The molecule has 0 bridgehead atoms. The van der Waals surface area contributed by atoms with Crippen molar-refractivity contribution in [3.63, 3.8) is 0 Å². The summed E-state index contributed by atoms with van der Waals surface area (Å²) in [5, 5.41) is 5.96. The predicted octanol–water partition coefficient (Wildman–Crippen LogP) is 3.54. The lowest BCUT2D eigenvalue weighted by Gasteiger charge is -2.39. The third-order valence-corrected chi connectivity index (χ3v) is 5.44. The van der Waals surface area contributed by atoms with Gasteiger partial charge in [-0.1, -0.05) is 17.6 Å². The fourth-order valence-electron chi connectivity index (χ4n) is 3.46. The Morgan fingerprint density at radius 2 is 2.18 bits per heavy atom. The summed E-state index contributed by atoms with van der Waals surface area (Å²) in [6.07, 6.45) is 5.30. The highest BCUT2D eigenvalue weighted by Gasteiger charge is 2.46. The molecule has 2 aromatic rings. The van der Waals surface area contributed by atoms with Crippen LogP contribution in [0.15, 0.2) is 28.1 Å². The van der Waals surface area contributed by atoms with Crippen LogP contribution in [0, 0.1) is 0 Å². The fourth-order valence-corrected chi connectivity index (χ4v) is 4.14. The van der Waals surface area contributed by atoms with Crippen LogP contribution >= 0.6 is 11.3 Å². The zero-order chi connectivity index (χ0) is 15.0. The van der Waals surface area contributed by atoms with Gasteiger partial charge in [0.15, 0.2) is 11.5 Å². The lowest BCUT2D eigenvalue weighted by atomic mass is 9.90. The predicted molar refractivity (Wildman–Crippen MR) is 82.6 cm³/mol. The van der Waals surface area contributed by atoms with E-state index in [0.717, 1.165) is 30.6 Å². The molecule has 3 heterocycles. The molecule has 4 rings (SSSR count). The van der Waals surface area contributed by atoms with Gasteiger partial charge in [0.05, 0.1) is 11.5 Å². The quantitative estimate of drug-likeness (QED) is 0.850. The van der Waals surface area contributed by atoms with Crippen molar-refractivity contribution in [2.24, 2.45) is 0 Å². The van der Waals surface area contributed by atoms with E-state index in [1.807, 2.05) is 22.4 Å². The van der Waals surface area contributed by atoms with Crippen molar-refractivity contribution in [2.75, 3.05) is 13.2 Å². The summed E-state index contributed by atoms with van der Waals surface area (Å²) in [5.74, 6) is 0.571. The Morgan fingerprint density at radius 1 is 1.32 bits per heavy atom. The molecule has 1 aliphatic carbocycles. The number of nitrogens with zero attached hydrogens (tertiary/aromatic N) is 2. The van der Waals surface area contributed by atoms with Gasteiger partial charge >= 0.3 is 0 Å². The smallest absolute Gasteiger partial charge is 0.278 e. The van der Waals surface area contributed by atoms with Crippen molar-refractivity contribution >= 4 is 17.2 Å². The van der Waals surface area contributed by atoms with Crippen molar-refractivity contribution in [3.8, 4) is 10.6 Å². The third-order valence-electron chi connectivity index (χ3n) is 4.55. The molecule has 116 valence electrons. The number of carbonyl (C=O) groups excluding carboxylic acids is 1. The lowest BCUT2D eigenvalue weighted by Crippen LogP contribution is -2.49.